The highest BCUT2D eigenvalue weighted by Crippen LogP contribution is 2.13. The van der Waals surface area contributed by atoms with Crippen LogP contribution in [0.15, 0.2) is 24.3 Å². The lowest BCUT2D eigenvalue weighted by molar-refractivity contribution is -0.124. The molecule has 3 N–H and O–H groups in total. The minimum atomic E-state index is -0.280. The molecule has 0 spiro atoms. The first-order valence-corrected chi connectivity index (χ1v) is 6.97. The Morgan fingerprint density at radius 3 is 2.40 bits per heavy atom. The van der Waals surface area contributed by atoms with Gasteiger partial charge in [0, 0.05) is 12.1 Å². The third-order valence-corrected chi connectivity index (χ3v) is 2.85. The van der Waals surface area contributed by atoms with Gasteiger partial charge in [-0.15, -0.1) is 0 Å². The zero-order valence-electron chi connectivity index (χ0n) is 11.8. The molecule has 1 aromatic rings. The number of hydrogen-bond donors (Lipinski definition) is 3. The van der Waals surface area contributed by atoms with Crippen molar-refractivity contribution in [3.8, 4) is 5.75 Å². The number of phenolic OH excluding ortho intramolecular Hbond substituents is 1. The third kappa shape index (κ3) is 6.78. The lowest BCUT2D eigenvalue weighted by Crippen LogP contribution is -2.32. The Hall–Kier alpha value is -2.04. The number of benzene rings is 1. The number of anilines is 1. The van der Waals surface area contributed by atoms with Gasteiger partial charge < -0.3 is 15.7 Å². The second-order valence-corrected chi connectivity index (χ2v) is 4.68. The largest absolute Gasteiger partial charge is 0.508 e. The first-order valence-electron chi connectivity index (χ1n) is 6.97. The molecule has 2 amide bonds. The van der Waals surface area contributed by atoms with E-state index in [1.54, 1.807) is 12.1 Å². The van der Waals surface area contributed by atoms with Gasteiger partial charge in [-0.1, -0.05) is 26.2 Å². The van der Waals surface area contributed by atoms with Gasteiger partial charge >= 0.3 is 0 Å². The molecule has 0 atom stereocenters. The number of rotatable bonds is 8. The van der Waals surface area contributed by atoms with Crippen molar-refractivity contribution >= 4 is 17.5 Å². The van der Waals surface area contributed by atoms with E-state index in [4.69, 9.17) is 5.11 Å². The molecule has 0 saturated heterocycles. The standard InChI is InChI=1S/C15H22N2O3/c1-2-3-4-5-6-14(19)16-11-15(20)17-12-7-9-13(18)10-8-12/h7-10,18H,2-6,11H2,1H3,(H,16,19)(H,17,20). The lowest BCUT2D eigenvalue weighted by Gasteiger charge is -2.07. The predicted molar refractivity (Wildman–Crippen MR) is 78.5 cm³/mol. The van der Waals surface area contributed by atoms with Crippen molar-refractivity contribution in [1.29, 1.82) is 0 Å². The zero-order valence-corrected chi connectivity index (χ0v) is 11.8. The van der Waals surface area contributed by atoms with Crippen LogP contribution in [-0.4, -0.2) is 23.5 Å². The number of hydrogen-bond acceptors (Lipinski definition) is 3. The molecule has 0 saturated carbocycles. The van der Waals surface area contributed by atoms with Crippen molar-refractivity contribution in [2.24, 2.45) is 0 Å². The summed E-state index contributed by atoms with van der Waals surface area (Å²) < 4.78 is 0. The normalized spacial score (nSPS) is 10.1. The molecule has 110 valence electrons. The molecule has 0 aliphatic carbocycles. The van der Waals surface area contributed by atoms with Crippen LogP contribution in [0.5, 0.6) is 5.75 Å². The van der Waals surface area contributed by atoms with Gasteiger partial charge in [0.25, 0.3) is 0 Å². The van der Waals surface area contributed by atoms with Crippen LogP contribution < -0.4 is 10.6 Å². The van der Waals surface area contributed by atoms with Crippen molar-refractivity contribution in [3.05, 3.63) is 24.3 Å². The Bertz CT molecular complexity index is 429. The van der Waals surface area contributed by atoms with Crippen LogP contribution in [-0.2, 0) is 9.59 Å². The van der Waals surface area contributed by atoms with E-state index >= 15 is 0 Å². The van der Waals surface area contributed by atoms with Gasteiger partial charge in [-0.05, 0) is 30.7 Å². The quantitative estimate of drug-likeness (QED) is 0.505. The van der Waals surface area contributed by atoms with Gasteiger partial charge in [0.05, 0.1) is 6.54 Å². The van der Waals surface area contributed by atoms with E-state index in [9.17, 15) is 9.59 Å². The molecule has 5 heteroatoms. The van der Waals surface area contributed by atoms with E-state index in [2.05, 4.69) is 17.6 Å². The molecule has 0 radical (unpaired) electrons. The fourth-order valence-electron chi connectivity index (χ4n) is 1.73. The predicted octanol–water partition coefficient (Wildman–Crippen LogP) is 2.42. The molecule has 5 nitrogen and oxygen atoms in total. The topological polar surface area (TPSA) is 78.4 Å². The highest BCUT2D eigenvalue weighted by atomic mass is 16.3. The van der Waals surface area contributed by atoms with Crippen LogP contribution in [0.2, 0.25) is 0 Å². The van der Waals surface area contributed by atoms with E-state index in [0.29, 0.717) is 12.1 Å². The third-order valence-electron chi connectivity index (χ3n) is 2.85. The van der Waals surface area contributed by atoms with Crippen LogP contribution in [0, 0.1) is 0 Å². The molecular weight excluding hydrogens is 256 g/mol. The average molecular weight is 278 g/mol. The molecule has 0 fully saturated rings. The first kappa shape index (κ1) is 16.0. The monoisotopic (exact) mass is 278 g/mol. The number of amides is 2. The SMILES string of the molecule is CCCCCCC(=O)NCC(=O)Nc1ccc(O)cc1. The Morgan fingerprint density at radius 2 is 1.75 bits per heavy atom. The van der Waals surface area contributed by atoms with Crippen LogP contribution in [0.25, 0.3) is 0 Å². The fraction of sp³-hybridized carbons (Fsp3) is 0.467. The highest BCUT2D eigenvalue weighted by molar-refractivity contribution is 5.94. The maximum atomic E-state index is 11.6. The van der Waals surface area contributed by atoms with E-state index in [1.807, 2.05) is 0 Å². The van der Waals surface area contributed by atoms with Gasteiger partial charge in [-0.2, -0.15) is 0 Å². The van der Waals surface area contributed by atoms with Crippen molar-refractivity contribution in [3.63, 3.8) is 0 Å². The smallest absolute Gasteiger partial charge is 0.243 e. The van der Waals surface area contributed by atoms with Gasteiger partial charge in [-0.3, -0.25) is 9.59 Å². The van der Waals surface area contributed by atoms with E-state index < -0.39 is 0 Å². The van der Waals surface area contributed by atoms with Crippen LogP contribution in [0.3, 0.4) is 0 Å². The van der Waals surface area contributed by atoms with Gasteiger partial charge in [-0.25, -0.2) is 0 Å². The summed E-state index contributed by atoms with van der Waals surface area (Å²) in [7, 11) is 0. The minimum Gasteiger partial charge on any atom is -0.508 e. The number of phenols is 1. The van der Waals surface area contributed by atoms with Crippen molar-refractivity contribution in [1.82, 2.24) is 5.32 Å². The Balaban J connectivity index is 2.19. The minimum absolute atomic E-state index is 0.0342. The van der Waals surface area contributed by atoms with Gasteiger partial charge in [0.15, 0.2) is 0 Å². The fourth-order valence-corrected chi connectivity index (χ4v) is 1.73. The lowest BCUT2D eigenvalue weighted by atomic mass is 10.1. The number of carbonyl (C=O) groups is 2. The molecule has 0 aliphatic rings. The summed E-state index contributed by atoms with van der Waals surface area (Å²) in [5, 5.41) is 14.3. The van der Waals surface area contributed by atoms with Crippen LogP contribution >= 0.6 is 0 Å². The molecule has 0 aliphatic heterocycles. The summed E-state index contributed by atoms with van der Waals surface area (Å²) in [4.78, 5) is 23.1. The van der Waals surface area contributed by atoms with Crippen molar-refractivity contribution < 1.29 is 14.7 Å². The highest BCUT2D eigenvalue weighted by Gasteiger charge is 2.05. The van der Waals surface area contributed by atoms with E-state index in [-0.39, 0.29) is 24.1 Å². The summed E-state index contributed by atoms with van der Waals surface area (Å²) >= 11 is 0. The second kappa shape index (κ2) is 8.96. The second-order valence-electron chi connectivity index (χ2n) is 4.68. The van der Waals surface area contributed by atoms with Gasteiger partial charge in [0.2, 0.25) is 11.8 Å². The average Bonchev–Trinajstić information content (AvgIpc) is 2.44. The van der Waals surface area contributed by atoms with E-state index in [1.165, 1.54) is 12.1 Å². The number of nitrogens with one attached hydrogen (secondary N) is 2. The summed E-state index contributed by atoms with van der Waals surface area (Å²) in [6.07, 6.45) is 4.64. The maximum absolute atomic E-state index is 11.6. The van der Waals surface area contributed by atoms with Crippen molar-refractivity contribution in [2.75, 3.05) is 11.9 Å². The summed E-state index contributed by atoms with van der Waals surface area (Å²) in [6.45, 7) is 2.08. The molecular formula is C15H22N2O3. The number of unbranched alkanes of at least 4 members (excludes halogenated alkanes) is 3. The number of aromatic hydroxyl groups is 1. The van der Waals surface area contributed by atoms with E-state index in [0.717, 1.165) is 25.7 Å². The molecule has 0 heterocycles. The van der Waals surface area contributed by atoms with Crippen LogP contribution in [0.4, 0.5) is 5.69 Å². The molecule has 1 rings (SSSR count). The molecule has 1 aromatic carbocycles. The van der Waals surface area contributed by atoms with Crippen molar-refractivity contribution in [2.45, 2.75) is 39.0 Å². The molecule has 20 heavy (non-hydrogen) atoms. The summed E-state index contributed by atoms with van der Waals surface area (Å²) in [5.74, 6) is -0.233. The Kier molecular flexibility index (Phi) is 7.17. The summed E-state index contributed by atoms with van der Waals surface area (Å²) in [6, 6.07) is 6.17. The van der Waals surface area contributed by atoms with Gasteiger partial charge in [0.1, 0.15) is 5.75 Å². The Labute approximate surface area is 119 Å². The first-order chi connectivity index (χ1) is 9.61. The summed E-state index contributed by atoms with van der Waals surface area (Å²) in [5.41, 5.74) is 0.588. The maximum Gasteiger partial charge on any atom is 0.243 e. The molecule has 0 unspecified atom stereocenters. The number of carbonyl (C=O) groups excluding carboxylic acids is 2. The Morgan fingerprint density at radius 1 is 1.05 bits per heavy atom. The van der Waals surface area contributed by atoms with Crippen LogP contribution in [0.1, 0.15) is 39.0 Å². The molecule has 0 aromatic heterocycles. The molecule has 0 bridgehead atoms. The zero-order chi connectivity index (χ0) is 14.8.